The number of halogens is 1. The van der Waals surface area contributed by atoms with Crippen molar-refractivity contribution in [2.45, 2.75) is 63.9 Å². The molecular formula is C31H33BrN2O5. The van der Waals surface area contributed by atoms with Crippen LogP contribution in [0.3, 0.4) is 0 Å². The van der Waals surface area contributed by atoms with Crippen molar-refractivity contribution in [3.05, 3.63) is 57.6 Å². The highest BCUT2D eigenvalue weighted by atomic mass is 79.9. The monoisotopic (exact) mass is 592 g/mol. The molecule has 4 aliphatic carbocycles. The smallest absolute Gasteiger partial charge is 0.335 e. The summed E-state index contributed by atoms with van der Waals surface area (Å²) in [5, 5.41) is 2.32. The van der Waals surface area contributed by atoms with Gasteiger partial charge in [0.25, 0.3) is 11.8 Å². The first-order valence-corrected chi connectivity index (χ1v) is 14.5. The van der Waals surface area contributed by atoms with E-state index >= 15 is 0 Å². The molecule has 204 valence electrons. The van der Waals surface area contributed by atoms with E-state index < -0.39 is 17.8 Å². The van der Waals surface area contributed by atoms with E-state index in [-0.39, 0.29) is 17.1 Å². The Kier molecular flexibility index (Phi) is 6.57. The number of nitrogens with one attached hydrogen (secondary N) is 1. The Morgan fingerprint density at radius 2 is 1.62 bits per heavy atom. The molecule has 1 saturated heterocycles. The van der Waals surface area contributed by atoms with Crippen LogP contribution in [-0.4, -0.2) is 31.1 Å². The molecule has 8 heteroatoms. The number of hydrogen-bond acceptors (Lipinski definition) is 5. The van der Waals surface area contributed by atoms with E-state index in [1.165, 1.54) is 57.3 Å². The lowest BCUT2D eigenvalue weighted by molar-refractivity contribution is -0.122. The number of amides is 4. The molecule has 7 rings (SSSR count). The number of methoxy groups -OCH3 is 1. The van der Waals surface area contributed by atoms with Crippen LogP contribution < -0.4 is 19.7 Å². The second-order valence-electron chi connectivity index (χ2n) is 11.9. The first-order chi connectivity index (χ1) is 18.7. The number of anilines is 1. The maximum absolute atomic E-state index is 13.5. The summed E-state index contributed by atoms with van der Waals surface area (Å²) >= 11 is 3.50. The van der Waals surface area contributed by atoms with Crippen molar-refractivity contribution in [2.24, 2.45) is 17.8 Å². The van der Waals surface area contributed by atoms with Gasteiger partial charge < -0.3 is 9.47 Å². The number of imide groups is 2. The Hall–Kier alpha value is -3.13. The van der Waals surface area contributed by atoms with Gasteiger partial charge in [0.1, 0.15) is 5.57 Å². The third-order valence-electron chi connectivity index (χ3n) is 8.79. The molecule has 0 spiro atoms. The number of benzene rings is 2. The molecule has 2 aromatic rings. The molecule has 5 aliphatic rings. The van der Waals surface area contributed by atoms with Crippen molar-refractivity contribution in [1.82, 2.24) is 5.32 Å². The first kappa shape index (κ1) is 26.1. The fraction of sp³-hybridized carbons (Fsp3) is 0.452. The minimum absolute atomic E-state index is 0.0704. The predicted octanol–water partition coefficient (Wildman–Crippen LogP) is 6.38. The van der Waals surface area contributed by atoms with E-state index in [2.05, 4.69) is 33.4 Å². The topological polar surface area (TPSA) is 84.9 Å². The van der Waals surface area contributed by atoms with Crippen LogP contribution in [0.5, 0.6) is 11.5 Å². The van der Waals surface area contributed by atoms with Crippen molar-refractivity contribution in [3.63, 3.8) is 0 Å². The van der Waals surface area contributed by atoms with Gasteiger partial charge in [-0.15, -0.1) is 0 Å². The van der Waals surface area contributed by atoms with Crippen LogP contribution in [0.1, 0.15) is 63.5 Å². The highest BCUT2D eigenvalue weighted by Crippen LogP contribution is 2.60. The zero-order valence-electron chi connectivity index (χ0n) is 22.5. The molecule has 1 heterocycles. The largest absolute Gasteiger partial charge is 0.493 e. The van der Waals surface area contributed by atoms with E-state index in [1.54, 1.807) is 12.1 Å². The van der Waals surface area contributed by atoms with E-state index in [0.29, 0.717) is 27.2 Å². The number of carbonyl (C=O) groups excluding carboxylic acids is 3. The van der Waals surface area contributed by atoms with Gasteiger partial charge in [-0.05, 0) is 133 Å². The molecule has 4 saturated carbocycles. The first-order valence-electron chi connectivity index (χ1n) is 13.7. The number of nitrogens with zero attached hydrogens (tertiary/aromatic N) is 1. The summed E-state index contributed by atoms with van der Waals surface area (Å²) in [6.45, 7) is 3.82. The number of urea groups is 1. The highest BCUT2D eigenvalue weighted by Gasteiger charge is 2.51. The molecule has 1 aliphatic heterocycles. The van der Waals surface area contributed by atoms with E-state index in [1.807, 2.05) is 26.0 Å². The molecule has 7 nitrogen and oxygen atoms in total. The zero-order chi connectivity index (χ0) is 27.5. The lowest BCUT2D eigenvalue weighted by Crippen LogP contribution is -2.54. The van der Waals surface area contributed by atoms with Crippen molar-refractivity contribution >= 4 is 45.5 Å². The van der Waals surface area contributed by atoms with E-state index in [0.717, 1.165) is 22.7 Å². The summed E-state index contributed by atoms with van der Waals surface area (Å²) in [7, 11) is 1.53. The molecule has 4 amide bonds. The average molecular weight is 594 g/mol. The molecule has 2 aromatic carbocycles. The summed E-state index contributed by atoms with van der Waals surface area (Å²) in [5.74, 6) is 2.08. The predicted molar refractivity (Wildman–Crippen MR) is 152 cm³/mol. The van der Waals surface area contributed by atoms with Crippen LogP contribution in [0, 0.1) is 17.8 Å². The van der Waals surface area contributed by atoms with Crippen molar-refractivity contribution < 1.29 is 23.9 Å². The van der Waals surface area contributed by atoms with Crippen molar-refractivity contribution in [2.75, 3.05) is 12.0 Å². The van der Waals surface area contributed by atoms with Crippen molar-refractivity contribution in [1.29, 1.82) is 0 Å². The van der Waals surface area contributed by atoms with Crippen LogP contribution in [-0.2, 0) is 15.0 Å². The number of barbiturate groups is 1. The molecule has 5 fully saturated rings. The second kappa shape index (κ2) is 9.81. The lowest BCUT2D eigenvalue weighted by atomic mass is 9.48. The van der Waals surface area contributed by atoms with Crippen LogP contribution in [0.15, 0.2) is 46.4 Å². The molecule has 0 unspecified atom stereocenters. The standard InChI is InChI=1S/C31H33BrN2O5/c1-17(2)39-27-25(32)12-18(13-26(27)38-3)11-24-28(35)33-30(37)34(29(24)36)23-6-4-22(5-7-23)31-14-19-8-20(15-31)10-21(9-19)16-31/h4-7,11-13,17,19-21H,8-10,14-16H2,1-3H3,(H,33,35,37)/b24-11+. The lowest BCUT2D eigenvalue weighted by Gasteiger charge is -2.57. The van der Waals surface area contributed by atoms with Gasteiger partial charge in [0.05, 0.1) is 23.4 Å². The summed E-state index contributed by atoms with van der Waals surface area (Å²) in [5.41, 5.74) is 2.40. The van der Waals surface area contributed by atoms with E-state index in [4.69, 9.17) is 9.47 Å². The van der Waals surface area contributed by atoms with Crippen LogP contribution >= 0.6 is 15.9 Å². The molecule has 0 radical (unpaired) electrons. The molecule has 39 heavy (non-hydrogen) atoms. The summed E-state index contributed by atoms with van der Waals surface area (Å²) in [4.78, 5) is 40.1. The maximum Gasteiger partial charge on any atom is 0.335 e. The van der Waals surface area contributed by atoms with Gasteiger partial charge in [0.2, 0.25) is 0 Å². The number of ether oxygens (including phenoxy) is 2. The Morgan fingerprint density at radius 3 is 2.18 bits per heavy atom. The van der Waals surface area contributed by atoms with Crippen molar-refractivity contribution in [3.8, 4) is 11.5 Å². The average Bonchev–Trinajstić information content (AvgIpc) is 2.87. The van der Waals surface area contributed by atoms with Crippen LogP contribution in [0.4, 0.5) is 10.5 Å². The Balaban J connectivity index is 1.28. The highest BCUT2D eigenvalue weighted by molar-refractivity contribution is 9.10. The number of rotatable bonds is 6. The van der Waals surface area contributed by atoms with Gasteiger partial charge in [-0.2, -0.15) is 0 Å². The number of hydrogen-bond donors (Lipinski definition) is 1. The molecular weight excluding hydrogens is 560 g/mol. The summed E-state index contributed by atoms with van der Waals surface area (Å²) < 4.78 is 11.9. The third-order valence-corrected chi connectivity index (χ3v) is 9.38. The number of carbonyl (C=O) groups is 3. The normalized spacial score (nSPS) is 28.8. The van der Waals surface area contributed by atoms with Gasteiger partial charge in [-0.1, -0.05) is 12.1 Å². The van der Waals surface area contributed by atoms with Gasteiger partial charge in [-0.25, -0.2) is 9.69 Å². The third kappa shape index (κ3) is 4.66. The molecule has 0 atom stereocenters. The zero-order valence-corrected chi connectivity index (χ0v) is 24.0. The van der Waals surface area contributed by atoms with Crippen LogP contribution in [0.25, 0.3) is 6.08 Å². The molecule has 0 aromatic heterocycles. The fourth-order valence-corrected chi connectivity index (χ4v) is 8.21. The minimum atomic E-state index is -0.746. The maximum atomic E-state index is 13.5. The van der Waals surface area contributed by atoms with Gasteiger partial charge in [0.15, 0.2) is 11.5 Å². The molecule has 4 bridgehead atoms. The Morgan fingerprint density at radius 1 is 1.00 bits per heavy atom. The Labute approximate surface area is 237 Å². The van der Waals surface area contributed by atoms with Gasteiger partial charge in [-0.3, -0.25) is 14.9 Å². The summed E-state index contributed by atoms with van der Waals surface area (Å²) in [6.07, 6.45) is 9.23. The van der Waals surface area contributed by atoms with Crippen LogP contribution in [0.2, 0.25) is 0 Å². The minimum Gasteiger partial charge on any atom is -0.493 e. The van der Waals surface area contributed by atoms with Gasteiger partial charge >= 0.3 is 6.03 Å². The SMILES string of the molecule is COc1cc(/C=C2\C(=O)NC(=O)N(c3ccc(C45CC6CC(CC(C6)C4)C5)cc3)C2=O)cc(Br)c1OC(C)C. The van der Waals surface area contributed by atoms with Gasteiger partial charge in [0, 0.05) is 0 Å². The Bertz CT molecular complexity index is 1340. The fourth-order valence-electron chi connectivity index (χ4n) is 7.66. The van der Waals surface area contributed by atoms with E-state index in [9.17, 15) is 14.4 Å². The quantitative estimate of drug-likeness (QED) is 0.311. The second-order valence-corrected chi connectivity index (χ2v) is 12.8. The summed E-state index contributed by atoms with van der Waals surface area (Å²) in [6, 6.07) is 10.5. The molecule has 1 N–H and O–H groups in total.